The van der Waals surface area contributed by atoms with E-state index in [1.165, 1.54) is 36.4 Å². The lowest BCUT2D eigenvalue weighted by Crippen LogP contribution is -2.38. The third kappa shape index (κ3) is 6.48. The molecule has 0 saturated carbocycles. The molecule has 0 aliphatic carbocycles. The Kier molecular flexibility index (Phi) is 9.16. The fourth-order valence-electron chi connectivity index (χ4n) is 4.41. The molecule has 1 saturated heterocycles. The zero-order valence-corrected chi connectivity index (χ0v) is 22.4. The van der Waals surface area contributed by atoms with E-state index in [1.807, 2.05) is 0 Å². The number of esters is 1. The van der Waals surface area contributed by atoms with Crippen LogP contribution in [-0.2, 0) is 27.1 Å². The number of methoxy groups -OCH3 is 2. The van der Waals surface area contributed by atoms with Crippen molar-refractivity contribution >= 4 is 29.0 Å². The van der Waals surface area contributed by atoms with Crippen molar-refractivity contribution in [2.75, 3.05) is 45.4 Å². The van der Waals surface area contributed by atoms with Crippen LogP contribution in [0.15, 0.2) is 54.7 Å². The highest BCUT2D eigenvalue weighted by atomic mass is 35.5. The molecule has 40 heavy (non-hydrogen) atoms. The van der Waals surface area contributed by atoms with E-state index < -0.39 is 35.0 Å². The number of pyridine rings is 1. The molecule has 1 aromatic heterocycles. The minimum absolute atomic E-state index is 0.0128. The van der Waals surface area contributed by atoms with Crippen LogP contribution in [0.3, 0.4) is 0 Å². The van der Waals surface area contributed by atoms with Crippen LogP contribution >= 0.6 is 11.6 Å². The third-order valence-corrected chi connectivity index (χ3v) is 6.53. The Morgan fingerprint density at radius 1 is 1.10 bits per heavy atom. The summed E-state index contributed by atoms with van der Waals surface area (Å²) in [5, 5.41) is -0.0804. The number of alkyl halides is 3. The number of ketones is 1. The number of carbonyl (C=O) groups is 2. The van der Waals surface area contributed by atoms with Gasteiger partial charge >= 0.3 is 12.1 Å². The first-order chi connectivity index (χ1) is 19.1. The molecule has 2 aromatic carbocycles. The van der Waals surface area contributed by atoms with Crippen molar-refractivity contribution in [2.45, 2.75) is 18.7 Å². The number of benzene rings is 2. The highest BCUT2D eigenvalue weighted by Gasteiger charge is 2.44. The van der Waals surface area contributed by atoms with Crippen LogP contribution in [0.1, 0.15) is 33.1 Å². The molecule has 1 atom stereocenters. The molecule has 1 aliphatic heterocycles. The lowest BCUT2D eigenvalue weighted by atomic mass is 9.87. The van der Waals surface area contributed by atoms with Gasteiger partial charge in [-0.3, -0.25) is 9.59 Å². The van der Waals surface area contributed by atoms with Crippen LogP contribution in [0.25, 0.3) is 0 Å². The number of hydrogen-bond donors (Lipinski definition) is 0. The smallest absolute Gasteiger partial charge is 0.418 e. The maximum absolute atomic E-state index is 14.6. The maximum atomic E-state index is 14.6. The van der Waals surface area contributed by atoms with Crippen molar-refractivity contribution in [3.05, 3.63) is 82.1 Å². The van der Waals surface area contributed by atoms with Crippen molar-refractivity contribution in [3.63, 3.8) is 0 Å². The van der Waals surface area contributed by atoms with Crippen LogP contribution in [-0.4, -0.2) is 57.3 Å². The zero-order chi connectivity index (χ0) is 28.9. The van der Waals surface area contributed by atoms with Gasteiger partial charge in [-0.15, -0.1) is 0 Å². The molecular formula is C28H26ClF3N2O6. The molecular weight excluding hydrogens is 553 g/mol. The van der Waals surface area contributed by atoms with Gasteiger partial charge in [-0.05, 0) is 47.5 Å². The average molecular weight is 579 g/mol. The molecule has 1 fully saturated rings. The number of morpholine rings is 1. The van der Waals surface area contributed by atoms with E-state index in [4.69, 9.17) is 30.5 Å². The van der Waals surface area contributed by atoms with Crippen LogP contribution in [0.4, 0.5) is 18.9 Å². The first kappa shape index (κ1) is 29.2. The topological polar surface area (TPSA) is 87.2 Å². The summed E-state index contributed by atoms with van der Waals surface area (Å²) in [5.74, 6) is -3.62. The van der Waals surface area contributed by atoms with Gasteiger partial charge in [-0.25, -0.2) is 4.98 Å². The van der Waals surface area contributed by atoms with Gasteiger partial charge in [0, 0.05) is 24.3 Å². The van der Waals surface area contributed by atoms with Gasteiger partial charge in [0.05, 0.1) is 38.7 Å². The van der Waals surface area contributed by atoms with Crippen molar-refractivity contribution in [3.8, 4) is 11.5 Å². The van der Waals surface area contributed by atoms with Gasteiger partial charge in [0.25, 0.3) is 0 Å². The molecule has 212 valence electrons. The van der Waals surface area contributed by atoms with E-state index >= 15 is 0 Å². The number of ether oxygens (including phenoxy) is 4. The lowest BCUT2D eigenvalue weighted by Gasteiger charge is -2.33. The van der Waals surface area contributed by atoms with Crippen LogP contribution in [0.5, 0.6) is 11.5 Å². The zero-order valence-electron chi connectivity index (χ0n) is 21.7. The number of nitrogens with zero attached hydrogens (tertiary/aromatic N) is 2. The summed E-state index contributed by atoms with van der Waals surface area (Å²) < 4.78 is 64.9. The van der Waals surface area contributed by atoms with Gasteiger partial charge in [0.1, 0.15) is 29.7 Å². The molecule has 0 amide bonds. The van der Waals surface area contributed by atoms with E-state index in [9.17, 15) is 22.8 Å². The lowest BCUT2D eigenvalue weighted by molar-refractivity contribution is -0.142. The average Bonchev–Trinajstić information content (AvgIpc) is 2.96. The molecule has 8 nitrogen and oxygen atoms in total. The second-order valence-electron chi connectivity index (χ2n) is 8.79. The quantitative estimate of drug-likeness (QED) is 0.192. The Bertz CT molecular complexity index is 1360. The summed E-state index contributed by atoms with van der Waals surface area (Å²) in [7, 11) is 2.52. The maximum Gasteiger partial charge on any atom is 0.418 e. The standard InChI is InChI=1S/C28H26ClF3N2O6/c1-37-19-7-5-17(6-8-19)16-40-22-4-3-9-33-25(22)26(35)23(27(36)38-2)20-14-18(29)15-21(24(20)28(30,31)32)34-10-12-39-13-11-34/h3-9,14-15,23H,10-13,16H2,1-2H3. The number of halogens is 4. The summed E-state index contributed by atoms with van der Waals surface area (Å²) in [5.41, 5.74) is -1.63. The summed E-state index contributed by atoms with van der Waals surface area (Å²) in [6.45, 7) is 0.778. The van der Waals surface area contributed by atoms with E-state index in [0.29, 0.717) is 5.75 Å². The van der Waals surface area contributed by atoms with E-state index in [2.05, 4.69) is 4.98 Å². The van der Waals surface area contributed by atoms with Gasteiger partial charge < -0.3 is 23.8 Å². The number of carbonyl (C=O) groups excluding carboxylic acids is 2. The van der Waals surface area contributed by atoms with Crippen molar-refractivity contribution in [1.82, 2.24) is 4.98 Å². The van der Waals surface area contributed by atoms with Gasteiger partial charge in [-0.1, -0.05) is 23.7 Å². The Labute approximate surface area is 233 Å². The number of Topliss-reactive ketones (excluding diaryl/α,β-unsaturated/α-hetero) is 1. The third-order valence-electron chi connectivity index (χ3n) is 6.32. The number of hydrogen-bond acceptors (Lipinski definition) is 8. The van der Waals surface area contributed by atoms with Crippen molar-refractivity contribution < 1.29 is 41.7 Å². The summed E-state index contributed by atoms with van der Waals surface area (Å²) in [6.07, 6.45) is -3.65. The molecule has 0 radical (unpaired) electrons. The first-order valence-corrected chi connectivity index (χ1v) is 12.6. The van der Waals surface area contributed by atoms with Gasteiger partial charge in [0.15, 0.2) is 0 Å². The Hall–Kier alpha value is -3.83. The Morgan fingerprint density at radius 2 is 1.80 bits per heavy atom. The summed E-state index contributed by atoms with van der Waals surface area (Å²) in [4.78, 5) is 32.4. The molecule has 4 rings (SSSR count). The normalized spacial score (nSPS) is 14.4. The largest absolute Gasteiger partial charge is 0.497 e. The predicted octanol–water partition coefficient (Wildman–Crippen LogP) is 5.32. The van der Waals surface area contributed by atoms with Crippen molar-refractivity contribution in [2.24, 2.45) is 0 Å². The number of anilines is 1. The second kappa shape index (κ2) is 12.6. The summed E-state index contributed by atoms with van der Waals surface area (Å²) in [6, 6.07) is 12.0. The molecule has 1 unspecified atom stereocenters. The Balaban J connectivity index is 1.77. The van der Waals surface area contributed by atoms with Gasteiger partial charge in [-0.2, -0.15) is 13.2 Å². The van der Waals surface area contributed by atoms with E-state index in [0.717, 1.165) is 18.7 Å². The van der Waals surface area contributed by atoms with Crippen LogP contribution < -0.4 is 14.4 Å². The molecule has 2 heterocycles. The Morgan fingerprint density at radius 3 is 2.42 bits per heavy atom. The molecule has 12 heteroatoms. The second-order valence-corrected chi connectivity index (χ2v) is 9.23. The van der Waals surface area contributed by atoms with Gasteiger partial charge in [0.2, 0.25) is 5.78 Å². The fraction of sp³-hybridized carbons (Fsp3) is 0.321. The van der Waals surface area contributed by atoms with Crippen molar-refractivity contribution in [1.29, 1.82) is 0 Å². The molecule has 0 N–H and O–H groups in total. The SMILES string of the molecule is COC(=O)C(C(=O)c1ncccc1OCc1ccc(OC)cc1)c1cc(Cl)cc(N2CCOCC2)c1C(F)(F)F. The number of aromatic nitrogens is 1. The minimum atomic E-state index is -4.93. The predicted molar refractivity (Wildman–Crippen MR) is 140 cm³/mol. The highest BCUT2D eigenvalue weighted by molar-refractivity contribution is 6.31. The van der Waals surface area contributed by atoms with E-state index in [-0.39, 0.29) is 55.1 Å². The molecule has 3 aromatic rings. The number of rotatable bonds is 9. The summed E-state index contributed by atoms with van der Waals surface area (Å²) >= 11 is 6.27. The first-order valence-electron chi connectivity index (χ1n) is 12.2. The minimum Gasteiger partial charge on any atom is -0.497 e. The van der Waals surface area contributed by atoms with Crippen LogP contribution in [0, 0.1) is 0 Å². The molecule has 0 bridgehead atoms. The van der Waals surface area contributed by atoms with E-state index in [1.54, 1.807) is 24.3 Å². The molecule has 1 aliphatic rings. The molecule has 0 spiro atoms. The monoisotopic (exact) mass is 578 g/mol. The highest BCUT2D eigenvalue weighted by Crippen LogP contribution is 2.45. The van der Waals surface area contributed by atoms with Crippen LogP contribution in [0.2, 0.25) is 5.02 Å². The fourth-order valence-corrected chi connectivity index (χ4v) is 4.63.